The summed E-state index contributed by atoms with van der Waals surface area (Å²) in [4.78, 5) is 12.3. The number of carbonyl (C=O) groups is 1. The van der Waals surface area contributed by atoms with E-state index in [0.29, 0.717) is 24.0 Å². The van der Waals surface area contributed by atoms with Crippen molar-refractivity contribution < 1.29 is 13.9 Å². The summed E-state index contributed by atoms with van der Waals surface area (Å²) in [5, 5.41) is 13.5. The number of hydrogen-bond donors (Lipinski definition) is 2. The molecule has 126 valence electrons. The van der Waals surface area contributed by atoms with Gasteiger partial charge in [-0.1, -0.05) is 13.0 Å². The average molecular weight is 329 g/mol. The molecule has 0 aromatic carbocycles. The summed E-state index contributed by atoms with van der Waals surface area (Å²) in [6.07, 6.45) is 2.56. The van der Waals surface area contributed by atoms with Crippen LogP contribution in [0, 0.1) is 0 Å². The Hall–Kier alpha value is -2.87. The molecule has 1 atom stereocenters. The minimum absolute atomic E-state index is 0.296. The summed E-state index contributed by atoms with van der Waals surface area (Å²) in [5.41, 5.74) is 0.653. The molecule has 0 saturated carbocycles. The molecule has 0 aliphatic rings. The molecular weight excluding hydrogens is 310 g/mol. The Kier molecular flexibility index (Phi) is 4.76. The lowest BCUT2D eigenvalue weighted by atomic mass is 10.2. The Balaban J connectivity index is 1.71. The summed E-state index contributed by atoms with van der Waals surface area (Å²) in [5.74, 6) is 1.85. The van der Waals surface area contributed by atoms with Crippen LogP contribution in [0.5, 0.6) is 0 Å². The van der Waals surface area contributed by atoms with Gasteiger partial charge in [-0.15, -0.1) is 10.2 Å². The Morgan fingerprint density at radius 2 is 2.21 bits per heavy atom. The molecule has 0 aliphatic heterocycles. The van der Waals surface area contributed by atoms with Crippen LogP contribution in [0.3, 0.4) is 0 Å². The summed E-state index contributed by atoms with van der Waals surface area (Å²) in [6.45, 7) is 2.30. The molecular formula is C16H19N5O3. The third-order valence-electron chi connectivity index (χ3n) is 3.55. The van der Waals surface area contributed by atoms with Crippen molar-refractivity contribution in [1.29, 1.82) is 0 Å². The van der Waals surface area contributed by atoms with E-state index in [1.807, 2.05) is 31.2 Å². The van der Waals surface area contributed by atoms with Crippen LogP contribution in [-0.4, -0.2) is 34.3 Å². The number of rotatable bonds is 6. The first-order chi connectivity index (χ1) is 11.7. The van der Waals surface area contributed by atoms with Gasteiger partial charge in [-0.05, 0) is 24.3 Å². The third-order valence-corrected chi connectivity index (χ3v) is 3.55. The van der Waals surface area contributed by atoms with Crippen LogP contribution in [0.2, 0.25) is 0 Å². The second-order valence-corrected chi connectivity index (χ2v) is 5.22. The molecule has 0 radical (unpaired) electrons. The van der Waals surface area contributed by atoms with Gasteiger partial charge in [0.2, 0.25) is 5.95 Å². The predicted molar refractivity (Wildman–Crippen MR) is 87.8 cm³/mol. The molecule has 8 heteroatoms. The van der Waals surface area contributed by atoms with Crippen molar-refractivity contribution in [2.45, 2.75) is 19.4 Å². The van der Waals surface area contributed by atoms with Crippen LogP contribution in [-0.2, 0) is 11.2 Å². The minimum atomic E-state index is -0.412. The summed E-state index contributed by atoms with van der Waals surface area (Å²) in [6, 6.07) is 8.42. The fourth-order valence-corrected chi connectivity index (χ4v) is 2.36. The second-order valence-electron chi connectivity index (χ2n) is 5.22. The van der Waals surface area contributed by atoms with Crippen molar-refractivity contribution in [3.8, 4) is 0 Å². The number of methoxy groups -OCH3 is 1. The molecule has 3 aromatic rings. The standard InChI is InChI=1S/C16H19N5O3/c1-3-11-7-8-13(24-11)12(10-23-2)17-16(22)18-15-20-19-14-6-4-5-9-21(14)15/h4-9,12H,3,10H2,1-2H3,(H2,17,18,20,22). The lowest BCUT2D eigenvalue weighted by Gasteiger charge is -2.16. The fourth-order valence-electron chi connectivity index (χ4n) is 2.36. The zero-order valence-corrected chi connectivity index (χ0v) is 13.5. The van der Waals surface area contributed by atoms with Crippen molar-refractivity contribution in [3.63, 3.8) is 0 Å². The lowest BCUT2D eigenvalue weighted by Crippen LogP contribution is -2.35. The minimum Gasteiger partial charge on any atom is -0.464 e. The van der Waals surface area contributed by atoms with Gasteiger partial charge in [0, 0.05) is 19.7 Å². The first-order valence-corrected chi connectivity index (χ1v) is 7.66. The molecule has 0 aliphatic carbocycles. The molecule has 0 spiro atoms. The van der Waals surface area contributed by atoms with Gasteiger partial charge in [0.05, 0.1) is 6.61 Å². The Labute approximate surface area is 138 Å². The molecule has 3 heterocycles. The normalized spacial score (nSPS) is 12.2. The Bertz CT molecular complexity index is 826. The number of aromatic nitrogens is 3. The molecule has 24 heavy (non-hydrogen) atoms. The number of hydrogen-bond acceptors (Lipinski definition) is 5. The molecule has 2 amide bonds. The molecule has 3 aromatic heterocycles. The summed E-state index contributed by atoms with van der Waals surface area (Å²) >= 11 is 0. The molecule has 3 rings (SSSR count). The maximum Gasteiger partial charge on any atom is 0.322 e. The van der Waals surface area contributed by atoms with Crippen molar-refractivity contribution in [1.82, 2.24) is 19.9 Å². The van der Waals surface area contributed by atoms with Gasteiger partial charge in [0.1, 0.15) is 17.6 Å². The van der Waals surface area contributed by atoms with Crippen LogP contribution in [0.1, 0.15) is 24.5 Å². The van der Waals surface area contributed by atoms with Crippen LogP contribution in [0.15, 0.2) is 40.9 Å². The van der Waals surface area contributed by atoms with Crippen LogP contribution in [0.25, 0.3) is 5.65 Å². The molecule has 0 bridgehead atoms. The van der Waals surface area contributed by atoms with Gasteiger partial charge in [0.15, 0.2) is 5.65 Å². The van der Waals surface area contributed by atoms with Crippen molar-refractivity contribution in [2.75, 3.05) is 19.0 Å². The molecule has 0 fully saturated rings. The number of pyridine rings is 1. The van der Waals surface area contributed by atoms with Crippen molar-refractivity contribution >= 4 is 17.6 Å². The van der Waals surface area contributed by atoms with Gasteiger partial charge in [-0.25, -0.2) is 4.79 Å². The van der Waals surface area contributed by atoms with E-state index in [0.717, 1.165) is 12.2 Å². The summed E-state index contributed by atoms with van der Waals surface area (Å²) in [7, 11) is 1.57. The number of anilines is 1. The molecule has 1 unspecified atom stereocenters. The van der Waals surface area contributed by atoms with Gasteiger partial charge in [-0.2, -0.15) is 0 Å². The highest BCUT2D eigenvalue weighted by Crippen LogP contribution is 2.18. The van der Waals surface area contributed by atoms with E-state index in [1.165, 1.54) is 0 Å². The highest BCUT2D eigenvalue weighted by Gasteiger charge is 2.19. The van der Waals surface area contributed by atoms with Gasteiger partial charge < -0.3 is 14.5 Å². The van der Waals surface area contributed by atoms with Crippen LogP contribution < -0.4 is 10.6 Å². The van der Waals surface area contributed by atoms with Gasteiger partial charge in [0.25, 0.3) is 0 Å². The number of nitrogens with one attached hydrogen (secondary N) is 2. The Morgan fingerprint density at radius 1 is 1.33 bits per heavy atom. The number of furan rings is 1. The van der Waals surface area contributed by atoms with E-state index in [4.69, 9.17) is 9.15 Å². The number of ether oxygens (including phenoxy) is 1. The highest BCUT2D eigenvalue weighted by molar-refractivity contribution is 5.88. The SMILES string of the molecule is CCc1ccc(C(COC)NC(=O)Nc2nnc3ccccn23)o1. The van der Waals surface area contributed by atoms with Gasteiger partial charge >= 0.3 is 6.03 Å². The molecule has 8 nitrogen and oxygen atoms in total. The Morgan fingerprint density at radius 3 is 2.96 bits per heavy atom. The maximum absolute atomic E-state index is 12.3. The zero-order chi connectivity index (χ0) is 16.9. The van der Waals surface area contributed by atoms with Crippen LogP contribution >= 0.6 is 0 Å². The topological polar surface area (TPSA) is 93.7 Å². The quantitative estimate of drug-likeness (QED) is 0.724. The largest absolute Gasteiger partial charge is 0.464 e. The molecule has 0 saturated heterocycles. The van der Waals surface area contributed by atoms with E-state index in [9.17, 15) is 4.79 Å². The predicted octanol–water partition coefficient (Wildman–Crippen LogP) is 2.39. The van der Waals surface area contributed by atoms with Crippen molar-refractivity contribution in [3.05, 3.63) is 48.0 Å². The number of nitrogens with zero attached hydrogens (tertiary/aromatic N) is 3. The van der Waals surface area contributed by atoms with E-state index >= 15 is 0 Å². The lowest BCUT2D eigenvalue weighted by molar-refractivity contribution is 0.158. The fraction of sp³-hybridized carbons (Fsp3) is 0.312. The number of aryl methyl sites for hydroxylation is 1. The maximum atomic E-state index is 12.3. The average Bonchev–Trinajstić information content (AvgIpc) is 3.22. The van der Waals surface area contributed by atoms with E-state index < -0.39 is 12.1 Å². The summed E-state index contributed by atoms with van der Waals surface area (Å²) < 4.78 is 12.6. The monoisotopic (exact) mass is 329 g/mol. The number of carbonyl (C=O) groups excluding carboxylic acids is 1. The first kappa shape index (κ1) is 16.0. The second kappa shape index (κ2) is 7.14. The first-order valence-electron chi connectivity index (χ1n) is 7.66. The smallest absolute Gasteiger partial charge is 0.322 e. The van der Waals surface area contributed by atoms with Gasteiger partial charge in [-0.3, -0.25) is 9.72 Å². The number of fused-ring (bicyclic) bond motifs is 1. The highest BCUT2D eigenvalue weighted by atomic mass is 16.5. The molecule has 2 N–H and O–H groups in total. The van der Waals surface area contributed by atoms with E-state index in [2.05, 4.69) is 20.8 Å². The third kappa shape index (κ3) is 3.38. The van der Waals surface area contributed by atoms with E-state index in [1.54, 1.807) is 23.8 Å². The van der Waals surface area contributed by atoms with E-state index in [-0.39, 0.29) is 0 Å². The number of urea groups is 1. The van der Waals surface area contributed by atoms with Crippen LogP contribution in [0.4, 0.5) is 10.7 Å². The zero-order valence-electron chi connectivity index (χ0n) is 13.5. The van der Waals surface area contributed by atoms with Crippen molar-refractivity contribution in [2.24, 2.45) is 0 Å². The number of amides is 2.